The second-order valence-corrected chi connectivity index (χ2v) is 19.7. The Morgan fingerprint density at radius 3 is 1.18 bits per heavy atom. The molecule has 5 nitrogen and oxygen atoms in total. The van der Waals surface area contributed by atoms with Crippen molar-refractivity contribution in [1.29, 1.82) is 0 Å². The third-order valence-corrected chi connectivity index (χ3v) is 15.8. The number of fused-ring (bicyclic) bond motifs is 13. The summed E-state index contributed by atoms with van der Waals surface area (Å²) in [6.45, 7) is 0. The number of hydrogen-bond donors (Lipinski definition) is 0. The maximum atomic E-state index is 7.93. The first-order chi connectivity index (χ1) is 36.1. The van der Waals surface area contributed by atoms with Crippen LogP contribution in [0.5, 0.6) is 0 Å². The summed E-state index contributed by atoms with van der Waals surface area (Å²) in [5, 5.41) is 14.2. The fourth-order valence-corrected chi connectivity index (χ4v) is 12.4. The SMILES string of the molecule is C1=C(c2cc(-c3ccc4oc5ccccc5c4c3)c3oc4c(-c5ccc6oc7ccccc7c6c5)cc(-c5ccc6oc7ccccc7c6c5)c5cccc(c6cccc2c36)c54)CCc2oc3ccccc3c21. The van der Waals surface area contributed by atoms with E-state index < -0.39 is 0 Å². The summed E-state index contributed by atoms with van der Waals surface area (Å²) in [6.07, 6.45) is 4.02. The molecule has 0 bridgehead atoms. The Balaban J connectivity index is 1.03. The molecular weight excluding hydrogens is 897 g/mol. The van der Waals surface area contributed by atoms with Gasteiger partial charge in [0.25, 0.3) is 0 Å². The van der Waals surface area contributed by atoms with Crippen LogP contribution >= 0.6 is 0 Å². The molecule has 0 saturated heterocycles. The maximum Gasteiger partial charge on any atom is 0.143 e. The first-order valence-electron chi connectivity index (χ1n) is 25.0. The molecule has 5 heteroatoms. The van der Waals surface area contributed by atoms with Crippen LogP contribution < -0.4 is 0 Å². The lowest BCUT2D eigenvalue weighted by molar-refractivity contribution is 0.548. The Morgan fingerprint density at radius 2 is 0.658 bits per heavy atom. The van der Waals surface area contributed by atoms with E-state index in [4.69, 9.17) is 22.1 Å². The Labute approximate surface area is 415 Å². The van der Waals surface area contributed by atoms with E-state index in [1.165, 1.54) is 11.1 Å². The highest BCUT2D eigenvalue weighted by Gasteiger charge is 2.26. The third kappa shape index (κ3) is 5.56. The van der Waals surface area contributed by atoms with Gasteiger partial charge in [-0.1, -0.05) is 127 Å². The number of benzene rings is 11. The number of allylic oxidation sites excluding steroid dienone is 1. The second-order valence-electron chi connectivity index (χ2n) is 19.7. The van der Waals surface area contributed by atoms with Crippen molar-refractivity contribution >= 4 is 132 Å². The number of furan rings is 4. The van der Waals surface area contributed by atoms with E-state index in [2.05, 4.69) is 164 Å². The molecule has 0 unspecified atom stereocenters. The molecular formula is C68H38O5. The quantitative estimate of drug-likeness (QED) is 0.176. The summed E-state index contributed by atoms with van der Waals surface area (Å²) in [5.41, 5.74) is 17.6. The minimum Gasteiger partial charge on any atom is -0.460 e. The first kappa shape index (κ1) is 39.2. The van der Waals surface area contributed by atoms with E-state index in [-0.39, 0.29) is 0 Å². The van der Waals surface area contributed by atoms with Gasteiger partial charge < -0.3 is 22.1 Å². The lowest BCUT2D eigenvalue weighted by Gasteiger charge is -2.18. The van der Waals surface area contributed by atoms with Gasteiger partial charge in [-0.3, -0.25) is 0 Å². The lowest BCUT2D eigenvalue weighted by Crippen LogP contribution is -1.98. The van der Waals surface area contributed by atoms with Gasteiger partial charge in [0, 0.05) is 71.6 Å². The monoisotopic (exact) mass is 934 g/mol. The van der Waals surface area contributed by atoms with Crippen LogP contribution in [0, 0.1) is 0 Å². The van der Waals surface area contributed by atoms with Gasteiger partial charge in [0.15, 0.2) is 0 Å². The van der Waals surface area contributed by atoms with Crippen LogP contribution in [0.25, 0.3) is 165 Å². The van der Waals surface area contributed by atoms with E-state index >= 15 is 0 Å². The van der Waals surface area contributed by atoms with Crippen LogP contribution in [-0.2, 0) is 6.42 Å². The van der Waals surface area contributed by atoms with Crippen LogP contribution in [0.1, 0.15) is 23.3 Å². The minimum atomic E-state index is 0.809. The zero-order chi connectivity index (χ0) is 47.5. The van der Waals surface area contributed by atoms with Gasteiger partial charge in [-0.05, 0) is 140 Å². The van der Waals surface area contributed by atoms with Gasteiger partial charge in [-0.2, -0.15) is 0 Å². The van der Waals surface area contributed by atoms with Crippen LogP contribution in [0.2, 0.25) is 0 Å². The van der Waals surface area contributed by atoms with Gasteiger partial charge in [0.2, 0.25) is 0 Å². The van der Waals surface area contributed by atoms with Crippen molar-refractivity contribution in [1.82, 2.24) is 0 Å². The molecule has 0 atom stereocenters. The van der Waals surface area contributed by atoms with Crippen molar-refractivity contribution in [2.24, 2.45) is 0 Å². The maximum absolute atomic E-state index is 7.93. The first-order valence-corrected chi connectivity index (χ1v) is 25.0. The predicted molar refractivity (Wildman–Crippen MR) is 299 cm³/mol. The largest absolute Gasteiger partial charge is 0.460 e. The zero-order valence-electron chi connectivity index (χ0n) is 39.1. The molecule has 1 aliphatic rings. The molecule has 0 spiro atoms. The standard InChI is InChI=1S/C68H38O5/c1-5-19-57-41(11-1)53-31-37(23-27-61(53)69-57)49-35-51(39-25-29-63-55(33-39)43-13-3-7-21-59(43)71-63)67-65-45(15-9-17-47(49)65)46-16-10-18-48-50(38-24-28-62-54(32-38)42-12-2-6-20-58(42)70-62)36-52(68(73-67)66(46)48)40-26-30-64-56(34-40)44-14-4-8-22-60(44)72-64/h1-23,25-27,29-36H,24,28H2. The summed E-state index contributed by atoms with van der Waals surface area (Å²) in [6, 6.07) is 71.3. The number of aryl methyl sites for hydroxylation is 1. The fourth-order valence-electron chi connectivity index (χ4n) is 12.4. The molecule has 0 fully saturated rings. The summed E-state index contributed by atoms with van der Waals surface area (Å²) in [5.74, 6) is 1.04. The summed E-state index contributed by atoms with van der Waals surface area (Å²) in [4.78, 5) is 0. The Morgan fingerprint density at radius 1 is 0.260 bits per heavy atom. The normalized spacial score (nSPS) is 13.2. The molecule has 340 valence electrons. The molecule has 0 amide bonds. The van der Waals surface area contributed by atoms with Crippen molar-refractivity contribution in [3.8, 4) is 33.4 Å². The van der Waals surface area contributed by atoms with E-state index in [0.717, 1.165) is 178 Å². The lowest BCUT2D eigenvalue weighted by atomic mass is 9.85. The Kier molecular flexibility index (Phi) is 7.78. The van der Waals surface area contributed by atoms with Gasteiger partial charge in [0.1, 0.15) is 56.0 Å². The molecule has 0 N–H and O–H groups in total. The highest BCUT2D eigenvalue weighted by molar-refractivity contribution is 6.29. The molecule has 0 saturated carbocycles. The number of hydrogen-bond acceptors (Lipinski definition) is 5. The van der Waals surface area contributed by atoms with Crippen molar-refractivity contribution in [3.05, 3.63) is 217 Å². The third-order valence-electron chi connectivity index (χ3n) is 15.8. The average Bonchev–Trinajstić information content (AvgIpc) is 4.21. The highest BCUT2D eigenvalue weighted by atomic mass is 16.3. The van der Waals surface area contributed by atoms with E-state index in [0.29, 0.717) is 0 Å². The summed E-state index contributed by atoms with van der Waals surface area (Å²) < 4.78 is 33.6. The van der Waals surface area contributed by atoms with Crippen molar-refractivity contribution in [3.63, 3.8) is 0 Å². The molecule has 11 aromatic carbocycles. The van der Waals surface area contributed by atoms with Gasteiger partial charge >= 0.3 is 0 Å². The second kappa shape index (κ2) is 14.5. The van der Waals surface area contributed by atoms with Crippen molar-refractivity contribution in [2.75, 3.05) is 0 Å². The van der Waals surface area contributed by atoms with Crippen LogP contribution in [0.15, 0.2) is 222 Å². The van der Waals surface area contributed by atoms with Crippen LogP contribution in [-0.4, -0.2) is 0 Å². The summed E-state index contributed by atoms with van der Waals surface area (Å²) in [7, 11) is 0. The molecule has 73 heavy (non-hydrogen) atoms. The Hall–Kier alpha value is -9.58. The molecule has 16 aromatic rings. The van der Waals surface area contributed by atoms with Crippen LogP contribution in [0.4, 0.5) is 0 Å². The molecule has 1 aliphatic carbocycles. The molecule has 0 radical (unpaired) electrons. The van der Waals surface area contributed by atoms with E-state index in [9.17, 15) is 0 Å². The minimum absolute atomic E-state index is 0.809. The highest BCUT2D eigenvalue weighted by Crippen LogP contribution is 2.50. The average molecular weight is 935 g/mol. The van der Waals surface area contributed by atoms with Gasteiger partial charge in [0.05, 0.1) is 0 Å². The van der Waals surface area contributed by atoms with Crippen molar-refractivity contribution in [2.45, 2.75) is 12.8 Å². The van der Waals surface area contributed by atoms with E-state index in [1.54, 1.807) is 0 Å². The smallest absolute Gasteiger partial charge is 0.143 e. The van der Waals surface area contributed by atoms with Gasteiger partial charge in [-0.25, -0.2) is 0 Å². The van der Waals surface area contributed by atoms with Crippen LogP contribution in [0.3, 0.4) is 0 Å². The fraction of sp³-hybridized carbons (Fsp3) is 0.0294. The molecule has 0 aliphatic heterocycles. The number of rotatable bonds is 4. The Bertz CT molecular complexity index is 5100. The topological polar surface area (TPSA) is 65.7 Å². The number of para-hydroxylation sites is 4. The van der Waals surface area contributed by atoms with E-state index in [1.807, 2.05) is 42.5 Å². The zero-order valence-corrected chi connectivity index (χ0v) is 39.1. The summed E-state index contributed by atoms with van der Waals surface area (Å²) >= 11 is 0. The molecule has 17 rings (SSSR count). The molecule has 5 heterocycles. The predicted octanol–water partition coefficient (Wildman–Crippen LogP) is 19.8. The van der Waals surface area contributed by atoms with Gasteiger partial charge in [-0.15, -0.1) is 0 Å². The molecule has 5 aromatic heterocycles. The van der Waals surface area contributed by atoms with Crippen molar-refractivity contribution < 1.29 is 22.1 Å².